The third kappa shape index (κ3) is 7.06. The summed E-state index contributed by atoms with van der Waals surface area (Å²) in [6.07, 6.45) is 0.430. The van der Waals surface area contributed by atoms with Crippen LogP contribution in [0.4, 0.5) is 0 Å². The molecule has 1 heterocycles. The highest BCUT2D eigenvalue weighted by Gasteiger charge is 2.50. The maximum Gasteiger partial charge on any atom is 0.252 e. The van der Waals surface area contributed by atoms with Crippen molar-refractivity contribution in [2.75, 3.05) is 13.2 Å². The van der Waals surface area contributed by atoms with Gasteiger partial charge in [-0.1, -0.05) is 82.3 Å². The highest BCUT2D eigenvalue weighted by molar-refractivity contribution is 9.10. The summed E-state index contributed by atoms with van der Waals surface area (Å²) in [7, 11) is 0. The minimum absolute atomic E-state index is 0.0831. The topological polar surface area (TPSA) is 80.2 Å². The predicted molar refractivity (Wildman–Crippen MR) is 170 cm³/mol. The molecule has 0 unspecified atom stereocenters. The Morgan fingerprint density at radius 3 is 2.40 bits per heavy atom. The Hall–Kier alpha value is -3.59. The standard InChI is InChI=1S/C34H33BrN2O4S/c1-24-34(22-26-10-5-7-14-30(26)35,37-32(41-24)25-16-18-28(19-17-25)40-21-9-20-38)33(39)36-23-27-11-6-8-15-31(27)42-29-12-3-2-4-13-29/h2-8,10-19,24,38H,9,20-23H2,1H3,(H,36,39)/t24-,34-/m1/s1. The van der Waals surface area contributed by atoms with Gasteiger partial charge >= 0.3 is 0 Å². The zero-order valence-corrected chi connectivity index (χ0v) is 25.7. The molecule has 0 saturated heterocycles. The second-order valence-corrected chi connectivity index (χ2v) is 12.0. The lowest BCUT2D eigenvalue weighted by atomic mass is 9.86. The molecule has 42 heavy (non-hydrogen) atoms. The van der Waals surface area contributed by atoms with Gasteiger partial charge in [0.1, 0.15) is 11.9 Å². The van der Waals surface area contributed by atoms with Crippen LogP contribution in [-0.2, 0) is 22.5 Å². The summed E-state index contributed by atoms with van der Waals surface area (Å²) in [5.74, 6) is 0.930. The molecule has 2 atom stereocenters. The number of nitrogens with zero attached hydrogens (tertiary/aromatic N) is 1. The van der Waals surface area contributed by atoms with Gasteiger partial charge in [-0.3, -0.25) is 4.79 Å². The van der Waals surface area contributed by atoms with E-state index in [4.69, 9.17) is 19.6 Å². The van der Waals surface area contributed by atoms with Gasteiger partial charge in [0.15, 0.2) is 5.54 Å². The van der Waals surface area contributed by atoms with Crippen molar-refractivity contribution in [3.8, 4) is 5.75 Å². The number of aliphatic imine (C=N–C) groups is 1. The molecule has 0 aliphatic carbocycles. The van der Waals surface area contributed by atoms with Crippen LogP contribution < -0.4 is 10.1 Å². The molecule has 0 aromatic heterocycles. The van der Waals surface area contributed by atoms with E-state index in [-0.39, 0.29) is 12.5 Å². The van der Waals surface area contributed by atoms with E-state index in [1.165, 1.54) is 0 Å². The summed E-state index contributed by atoms with van der Waals surface area (Å²) in [6.45, 7) is 2.79. The lowest BCUT2D eigenvalue weighted by Gasteiger charge is -2.29. The third-order valence-electron chi connectivity index (χ3n) is 7.13. The first kappa shape index (κ1) is 29.9. The number of hydrogen-bond donors (Lipinski definition) is 2. The van der Waals surface area contributed by atoms with Crippen LogP contribution in [0.3, 0.4) is 0 Å². The molecule has 1 amide bonds. The number of hydrogen-bond acceptors (Lipinski definition) is 6. The van der Waals surface area contributed by atoms with Gasteiger partial charge in [0.25, 0.3) is 5.91 Å². The average Bonchev–Trinajstić information content (AvgIpc) is 3.35. The maximum atomic E-state index is 14.2. The molecule has 0 spiro atoms. The van der Waals surface area contributed by atoms with Crippen LogP contribution >= 0.6 is 27.7 Å². The Morgan fingerprint density at radius 1 is 0.976 bits per heavy atom. The zero-order chi connectivity index (χ0) is 29.4. The average molecular weight is 646 g/mol. The molecule has 0 radical (unpaired) electrons. The number of benzene rings is 4. The minimum Gasteiger partial charge on any atom is -0.494 e. The van der Waals surface area contributed by atoms with Crippen LogP contribution in [-0.4, -0.2) is 41.8 Å². The molecule has 0 bridgehead atoms. The van der Waals surface area contributed by atoms with Crippen LogP contribution in [0, 0.1) is 0 Å². The third-order valence-corrected chi connectivity index (χ3v) is 9.03. The van der Waals surface area contributed by atoms with E-state index < -0.39 is 11.6 Å². The Bertz CT molecular complexity index is 1530. The molecule has 5 rings (SSSR count). The fourth-order valence-corrected chi connectivity index (χ4v) is 6.16. The Labute approximate surface area is 259 Å². The fraction of sp³-hybridized carbons (Fsp3) is 0.235. The van der Waals surface area contributed by atoms with Crippen LogP contribution in [0.2, 0.25) is 0 Å². The van der Waals surface area contributed by atoms with Gasteiger partial charge < -0.3 is 19.9 Å². The van der Waals surface area contributed by atoms with E-state index in [1.54, 1.807) is 11.8 Å². The van der Waals surface area contributed by atoms with Gasteiger partial charge in [0.05, 0.1) is 6.61 Å². The van der Waals surface area contributed by atoms with Crippen molar-refractivity contribution in [1.29, 1.82) is 0 Å². The molecular formula is C34H33BrN2O4S. The van der Waals surface area contributed by atoms with E-state index in [2.05, 4.69) is 39.4 Å². The summed E-state index contributed by atoms with van der Waals surface area (Å²) < 4.78 is 12.9. The van der Waals surface area contributed by atoms with Crippen LogP contribution in [0.25, 0.3) is 0 Å². The largest absolute Gasteiger partial charge is 0.494 e. The van der Waals surface area contributed by atoms with Crippen LogP contribution in [0.1, 0.15) is 30.0 Å². The smallest absolute Gasteiger partial charge is 0.252 e. The van der Waals surface area contributed by atoms with Crippen molar-refractivity contribution in [2.24, 2.45) is 4.99 Å². The SMILES string of the molecule is C[C@H]1OC(c2ccc(OCCCO)cc2)=N[C@@]1(Cc1ccccc1Br)C(=O)NCc1ccccc1Sc1ccccc1. The number of ether oxygens (including phenoxy) is 2. The van der Waals surface area contributed by atoms with E-state index in [0.717, 1.165) is 31.0 Å². The molecular weight excluding hydrogens is 612 g/mol. The number of aliphatic hydroxyl groups excluding tert-OH is 1. The molecule has 216 valence electrons. The number of aliphatic hydroxyl groups is 1. The highest BCUT2D eigenvalue weighted by atomic mass is 79.9. The molecule has 4 aromatic carbocycles. The number of halogens is 1. The molecule has 2 N–H and O–H groups in total. The summed E-state index contributed by atoms with van der Waals surface area (Å²) >= 11 is 5.33. The molecule has 0 fully saturated rings. The van der Waals surface area contributed by atoms with Crippen molar-refractivity contribution in [3.05, 3.63) is 124 Å². The Balaban J connectivity index is 1.40. The summed E-state index contributed by atoms with van der Waals surface area (Å²) in [5.41, 5.74) is 1.60. The predicted octanol–water partition coefficient (Wildman–Crippen LogP) is 6.82. The first-order valence-electron chi connectivity index (χ1n) is 13.9. The second kappa shape index (κ2) is 14.1. The maximum absolute atomic E-state index is 14.2. The van der Waals surface area contributed by atoms with Crippen molar-refractivity contribution in [1.82, 2.24) is 5.32 Å². The van der Waals surface area contributed by atoms with Crippen molar-refractivity contribution in [3.63, 3.8) is 0 Å². The molecule has 0 saturated carbocycles. The second-order valence-electron chi connectivity index (χ2n) is 10.0. The minimum atomic E-state index is -1.17. The highest BCUT2D eigenvalue weighted by Crippen LogP contribution is 2.35. The Morgan fingerprint density at radius 2 is 1.67 bits per heavy atom. The number of carbonyl (C=O) groups is 1. The molecule has 1 aliphatic heterocycles. The first-order chi connectivity index (χ1) is 20.5. The normalized spacial score (nSPS) is 17.8. The molecule has 8 heteroatoms. The molecule has 6 nitrogen and oxygen atoms in total. The fourth-order valence-electron chi connectivity index (χ4n) is 4.77. The number of nitrogens with one attached hydrogen (secondary N) is 1. The number of rotatable bonds is 12. The van der Waals surface area contributed by atoms with Crippen molar-refractivity contribution >= 4 is 39.5 Å². The van der Waals surface area contributed by atoms with E-state index in [9.17, 15) is 4.79 Å². The summed E-state index contributed by atoms with van der Waals surface area (Å²) in [6, 6.07) is 33.7. The van der Waals surface area contributed by atoms with Gasteiger partial charge in [-0.2, -0.15) is 0 Å². The summed E-state index contributed by atoms with van der Waals surface area (Å²) in [5, 5.41) is 12.2. The number of carbonyl (C=O) groups excluding carboxylic acids is 1. The van der Waals surface area contributed by atoms with Crippen molar-refractivity contribution in [2.45, 2.75) is 47.7 Å². The van der Waals surface area contributed by atoms with Gasteiger partial charge in [-0.15, -0.1) is 0 Å². The monoisotopic (exact) mass is 644 g/mol. The lowest BCUT2D eigenvalue weighted by molar-refractivity contribution is -0.128. The van der Waals surface area contributed by atoms with E-state index >= 15 is 0 Å². The van der Waals surface area contributed by atoms with Gasteiger partial charge in [-0.05, 0) is 66.6 Å². The zero-order valence-electron chi connectivity index (χ0n) is 23.3. The first-order valence-corrected chi connectivity index (χ1v) is 15.5. The molecule has 1 aliphatic rings. The van der Waals surface area contributed by atoms with Gasteiger partial charge in [0, 0.05) is 45.8 Å². The molecule has 4 aromatic rings. The lowest BCUT2D eigenvalue weighted by Crippen LogP contribution is -2.52. The Kier molecular flexibility index (Phi) is 10.00. The van der Waals surface area contributed by atoms with E-state index in [1.807, 2.05) is 91.9 Å². The quantitative estimate of drug-likeness (QED) is 0.165. The van der Waals surface area contributed by atoms with Crippen LogP contribution in [0.15, 0.2) is 122 Å². The number of amides is 1. The van der Waals surface area contributed by atoms with Crippen molar-refractivity contribution < 1.29 is 19.4 Å². The van der Waals surface area contributed by atoms with Gasteiger partial charge in [-0.25, -0.2) is 4.99 Å². The summed E-state index contributed by atoms with van der Waals surface area (Å²) in [4.78, 5) is 21.4. The van der Waals surface area contributed by atoms with E-state index in [0.29, 0.717) is 37.6 Å². The van der Waals surface area contributed by atoms with Gasteiger partial charge in [0.2, 0.25) is 5.90 Å². The van der Waals surface area contributed by atoms with Crippen LogP contribution in [0.5, 0.6) is 5.75 Å².